The zero-order chi connectivity index (χ0) is 13.3. The van der Waals surface area contributed by atoms with Gasteiger partial charge in [0.25, 0.3) is 0 Å². The predicted octanol–water partition coefficient (Wildman–Crippen LogP) is 0.925. The first-order valence-electron chi connectivity index (χ1n) is 5.11. The Morgan fingerprint density at radius 3 is 2.41 bits per heavy atom. The van der Waals surface area contributed by atoms with E-state index < -0.39 is 15.4 Å². The van der Waals surface area contributed by atoms with Crippen molar-refractivity contribution < 1.29 is 18.6 Å². The molecule has 0 saturated heterocycles. The Morgan fingerprint density at radius 1 is 1.29 bits per heavy atom. The van der Waals surface area contributed by atoms with Gasteiger partial charge in [-0.1, -0.05) is 13.8 Å². The van der Waals surface area contributed by atoms with Gasteiger partial charge in [0.15, 0.2) is 0 Å². The van der Waals surface area contributed by atoms with E-state index in [1.807, 2.05) is 0 Å². The molecule has 0 amide bonds. The first-order chi connectivity index (χ1) is 7.68. The number of nitrogens with one attached hydrogen (secondary N) is 1. The average Bonchev–Trinajstić information content (AvgIpc) is 2.20. The van der Waals surface area contributed by atoms with Crippen LogP contribution in [0.4, 0.5) is 0 Å². The van der Waals surface area contributed by atoms with E-state index in [2.05, 4.69) is 4.72 Å². The van der Waals surface area contributed by atoms with Gasteiger partial charge in [-0.05, 0) is 25.2 Å². The van der Waals surface area contributed by atoms with Crippen molar-refractivity contribution in [2.75, 3.05) is 12.8 Å². The highest BCUT2D eigenvalue weighted by Gasteiger charge is 2.30. The van der Waals surface area contributed by atoms with E-state index in [1.165, 1.54) is 25.2 Å². The first-order valence-corrected chi connectivity index (χ1v) is 6.77. The summed E-state index contributed by atoms with van der Waals surface area (Å²) in [6, 6.07) is 4.07. The molecule has 0 spiro atoms. The minimum atomic E-state index is -3.40. The number of aromatic hydroxyl groups is 2. The van der Waals surface area contributed by atoms with E-state index in [0.717, 1.165) is 0 Å². The van der Waals surface area contributed by atoms with E-state index >= 15 is 0 Å². The van der Waals surface area contributed by atoms with Gasteiger partial charge in [-0.15, -0.1) is 0 Å². The lowest BCUT2D eigenvalue weighted by Gasteiger charge is -2.25. The van der Waals surface area contributed by atoms with Gasteiger partial charge in [0.1, 0.15) is 11.5 Å². The molecular formula is C11H17NO4S. The molecule has 6 heteroatoms. The van der Waals surface area contributed by atoms with Crippen molar-refractivity contribution in [2.24, 2.45) is 0 Å². The van der Waals surface area contributed by atoms with Crippen molar-refractivity contribution in [1.29, 1.82) is 0 Å². The fourth-order valence-corrected chi connectivity index (χ4v) is 2.94. The molecule has 0 heterocycles. The maximum absolute atomic E-state index is 11.5. The molecule has 0 atom stereocenters. The van der Waals surface area contributed by atoms with E-state index in [4.69, 9.17) is 0 Å². The van der Waals surface area contributed by atoms with Gasteiger partial charge in [0, 0.05) is 11.0 Å². The maximum Gasteiger partial charge on any atom is 0.212 e. The fraction of sp³-hybridized carbons (Fsp3) is 0.455. The van der Waals surface area contributed by atoms with Crippen molar-refractivity contribution in [3.05, 3.63) is 23.8 Å². The lowest BCUT2D eigenvalue weighted by Crippen LogP contribution is -2.34. The standard InChI is InChI=1S/C11H17NO4S/c1-11(2,7-17(15,16)12-3)9-6-8(13)4-5-10(9)14/h4-6,12-14H,7H2,1-3H3. The number of hydrogen-bond acceptors (Lipinski definition) is 4. The smallest absolute Gasteiger partial charge is 0.212 e. The molecule has 96 valence electrons. The van der Waals surface area contributed by atoms with Crippen LogP contribution in [0.2, 0.25) is 0 Å². The molecule has 1 rings (SSSR count). The Bertz CT molecular complexity index is 508. The molecule has 1 aromatic rings. The zero-order valence-corrected chi connectivity index (χ0v) is 10.9. The summed E-state index contributed by atoms with van der Waals surface area (Å²) in [5.41, 5.74) is -0.402. The summed E-state index contributed by atoms with van der Waals surface area (Å²) in [6.07, 6.45) is 0. The highest BCUT2D eigenvalue weighted by Crippen LogP contribution is 2.34. The third-order valence-electron chi connectivity index (χ3n) is 2.57. The summed E-state index contributed by atoms with van der Waals surface area (Å²) >= 11 is 0. The summed E-state index contributed by atoms with van der Waals surface area (Å²) < 4.78 is 25.3. The van der Waals surface area contributed by atoms with Crippen molar-refractivity contribution >= 4 is 10.0 Å². The number of phenols is 2. The Labute approximate surface area is 101 Å². The quantitative estimate of drug-likeness (QED) is 0.702. The van der Waals surface area contributed by atoms with Gasteiger partial charge in [0.2, 0.25) is 10.0 Å². The average molecular weight is 259 g/mol. The second kappa shape index (κ2) is 4.54. The van der Waals surface area contributed by atoms with Crippen molar-refractivity contribution in [2.45, 2.75) is 19.3 Å². The number of sulfonamides is 1. The number of phenolic OH excluding ortho intramolecular Hbond substituents is 2. The second-order valence-corrected chi connectivity index (χ2v) is 6.47. The highest BCUT2D eigenvalue weighted by molar-refractivity contribution is 7.89. The van der Waals surface area contributed by atoms with Crippen LogP contribution in [0.5, 0.6) is 11.5 Å². The number of rotatable bonds is 4. The molecule has 0 aliphatic heterocycles. The molecule has 0 bridgehead atoms. The SMILES string of the molecule is CNS(=O)(=O)CC(C)(C)c1cc(O)ccc1O. The van der Waals surface area contributed by atoms with Crippen LogP contribution in [0.3, 0.4) is 0 Å². The van der Waals surface area contributed by atoms with Gasteiger partial charge in [0.05, 0.1) is 5.75 Å². The topological polar surface area (TPSA) is 86.6 Å². The Morgan fingerprint density at radius 2 is 1.88 bits per heavy atom. The van der Waals surface area contributed by atoms with E-state index in [1.54, 1.807) is 13.8 Å². The highest BCUT2D eigenvalue weighted by atomic mass is 32.2. The summed E-state index contributed by atoms with van der Waals surface area (Å²) in [4.78, 5) is 0. The molecule has 0 saturated carbocycles. The van der Waals surface area contributed by atoms with Gasteiger partial charge >= 0.3 is 0 Å². The molecule has 17 heavy (non-hydrogen) atoms. The molecular weight excluding hydrogens is 242 g/mol. The van der Waals surface area contributed by atoms with Crippen LogP contribution in [0.25, 0.3) is 0 Å². The number of hydrogen-bond donors (Lipinski definition) is 3. The predicted molar refractivity (Wildman–Crippen MR) is 65.6 cm³/mol. The van der Waals surface area contributed by atoms with Crippen LogP contribution >= 0.6 is 0 Å². The van der Waals surface area contributed by atoms with Crippen LogP contribution in [-0.2, 0) is 15.4 Å². The van der Waals surface area contributed by atoms with Gasteiger partial charge in [-0.2, -0.15) is 0 Å². The van der Waals surface area contributed by atoms with E-state index in [0.29, 0.717) is 5.56 Å². The van der Waals surface area contributed by atoms with Gasteiger partial charge in [-0.25, -0.2) is 13.1 Å². The minimum absolute atomic E-state index is 0.00673. The second-order valence-electron chi connectivity index (χ2n) is 4.55. The third kappa shape index (κ3) is 3.34. The van der Waals surface area contributed by atoms with Crippen LogP contribution in [0.1, 0.15) is 19.4 Å². The largest absolute Gasteiger partial charge is 0.508 e. The molecule has 5 nitrogen and oxygen atoms in total. The maximum atomic E-state index is 11.5. The van der Waals surface area contributed by atoms with Crippen LogP contribution in [0.15, 0.2) is 18.2 Å². The van der Waals surface area contributed by atoms with Crippen molar-refractivity contribution in [1.82, 2.24) is 4.72 Å². The summed E-state index contributed by atoms with van der Waals surface area (Å²) in [7, 11) is -2.06. The van der Waals surface area contributed by atoms with Crippen LogP contribution in [-0.4, -0.2) is 31.4 Å². The molecule has 0 fully saturated rings. The van der Waals surface area contributed by atoms with Gasteiger partial charge in [-0.3, -0.25) is 0 Å². The fourth-order valence-electron chi connectivity index (χ4n) is 1.69. The monoisotopic (exact) mass is 259 g/mol. The lowest BCUT2D eigenvalue weighted by atomic mass is 9.86. The molecule has 0 aliphatic rings. The molecule has 0 radical (unpaired) electrons. The Balaban J connectivity index is 3.17. The zero-order valence-electron chi connectivity index (χ0n) is 10.1. The lowest BCUT2D eigenvalue weighted by molar-refractivity contribution is 0.434. The third-order valence-corrected chi connectivity index (χ3v) is 4.29. The summed E-state index contributed by atoms with van der Waals surface area (Å²) in [5.74, 6) is -0.208. The molecule has 3 N–H and O–H groups in total. The van der Waals surface area contributed by atoms with Gasteiger partial charge < -0.3 is 10.2 Å². The molecule has 1 aromatic carbocycles. The normalized spacial score (nSPS) is 12.6. The van der Waals surface area contributed by atoms with Crippen LogP contribution in [0, 0.1) is 0 Å². The molecule has 0 aliphatic carbocycles. The van der Waals surface area contributed by atoms with Crippen LogP contribution < -0.4 is 4.72 Å². The minimum Gasteiger partial charge on any atom is -0.508 e. The Hall–Kier alpha value is -1.27. The number of benzene rings is 1. The first kappa shape index (κ1) is 13.8. The summed E-state index contributed by atoms with van der Waals surface area (Å²) in [5, 5.41) is 19.1. The molecule has 0 unspecified atom stereocenters. The summed E-state index contributed by atoms with van der Waals surface area (Å²) in [6.45, 7) is 3.38. The Kier molecular flexibility index (Phi) is 3.68. The van der Waals surface area contributed by atoms with Crippen molar-refractivity contribution in [3.63, 3.8) is 0 Å². The van der Waals surface area contributed by atoms with E-state index in [9.17, 15) is 18.6 Å². The molecule has 0 aromatic heterocycles. The van der Waals surface area contributed by atoms with E-state index in [-0.39, 0.29) is 17.3 Å². The van der Waals surface area contributed by atoms with Crippen molar-refractivity contribution in [3.8, 4) is 11.5 Å².